The number of benzene rings is 1. The highest BCUT2D eigenvalue weighted by molar-refractivity contribution is 6.33. The van der Waals surface area contributed by atoms with Crippen molar-refractivity contribution in [3.8, 4) is 0 Å². The second-order valence-corrected chi connectivity index (χ2v) is 6.12. The summed E-state index contributed by atoms with van der Waals surface area (Å²) in [5.41, 5.74) is 7.67. The minimum Gasteiger partial charge on any atom is -0.273 e. The van der Waals surface area contributed by atoms with Crippen molar-refractivity contribution in [2.45, 2.75) is 26.7 Å². The number of aromatic nitrogens is 4. The second kappa shape index (κ2) is 7.49. The monoisotopic (exact) mass is 372 g/mol. The van der Waals surface area contributed by atoms with Gasteiger partial charge in [-0.05, 0) is 38.0 Å². The maximum absolute atomic E-state index is 12.1. The minimum absolute atomic E-state index is 0.187. The standard InChI is InChI=1S/C17H17ClN6O2/c1-10-12(11(2)24-17(21-10)19-9-20-24)7-8-15(25)22-23-16(26)13-5-3-4-6-14(13)18/h3-6,9H,7-8H2,1-2H3,(H,22,25)(H,23,26). The van der Waals surface area contributed by atoms with Crippen molar-refractivity contribution in [2.75, 3.05) is 0 Å². The molecule has 2 aromatic heterocycles. The molecular formula is C17H17ClN6O2. The number of hydrogen-bond donors (Lipinski definition) is 2. The van der Waals surface area contributed by atoms with Crippen LogP contribution in [-0.2, 0) is 11.2 Å². The van der Waals surface area contributed by atoms with Crippen LogP contribution in [0.25, 0.3) is 5.78 Å². The number of amides is 2. The largest absolute Gasteiger partial charge is 0.273 e. The maximum Gasteiger partial charge on any atom is 0.271 e. The number of carbonyl (C=O) groups is 2. The summed E-state index contributed by atoms with van der Waals surface area (Å²) in [5, 5.41) is 4.44. The van der Waals surface area contributed by atoms with Gasteiger partial charge < -0.3 is 0 Å². The van der Waals surface area contributed by atoms with E-state index in [0.717, 1.165) is 17.0 Å². The van der Waals surface area contributed by atoms with Gasteiger partial charge in [-0.1, -0.05) is 23.7 Å². The van der Waals surface area contributed by atoms with Crippen molar-refractivity contribution < 1.29 is 9.59 Å². The van der Waals surface area contributed by atoms with E-state index in [2.05, 4.69) is 25.9 Å². The molecule has 1 aromatic carbocycles. The zero-order valence-corrected chi connectivity index (χ0v) is 15.0. The SMILES string of the molecule is Cc1nc2ncnn2c(C)c1CCC(=O)NNC(=O)c1ccccc1Cl. The molecule has 0 aliphatic heterocycles. The lowest BCUT2D eigenvalue weighted by Crippen LogP contribution is -2.41. The molecule has 134 valence electrons. The Morgan fingerprint density at radius 2 is 1.96 bits per heavy atom. The zero-order chi connectivity index (χ0) is 18.7. The highest BCUT2D eigenvalue weighted by atomic mass is 35.5. The van der Waals surface area contributed by atoms with Crippen molar-refractivity contribution in [3.63, 3.8) is 0 Å². The summed E-state index contributed by atoms with van der Waals surface area (Å²) < 4.78 is 1.64. The molecular weight excluding hydrogens is 356 g/mol. The Morgan fingerprint density at radius 3 is 2.73 bits per heavy atom. The normalized spacial score (nSPS) is 10.7. The number of hydrazine groups is 1. The van der Waals surface area contributed by atoms with Gasteiger partial charge in [0.25, 0.3) is 11.7 Å². The van der Waals surface area contributed by atoms with Crippen LogP contribution in [-0.4, -0.2) is 31.4 Å². The number of nitrogens with zero attached hydrogens (tertiary/aromatic N) is 4. The average Bonchev–Trinajstić information content (AvgIpc) is 3.08. The number of aryl methyl sites for hydroxylation is 2. The molecule has 0 spiro atoms. The molecule has 3 rings (SSSR count). The van der Waals surface area contributed by atoms with Crippen LogP contribution in [0.3, 0.4) is 0 Å². The molecule has 0 aliphatic carbocycles. The van der Waals surface area contributed by atoms with E-state index in [4.69, 9.17) is 11.6 Å². The van der Waals surface area contributed by atoms with Gasteiger partial charge in [-0.2, -0.15) is 10.1 Å². The van der Waals surface area contributed by atoms with Crippen LogP contribution in [0.5, 0.6) is 0 Å². The smallest absolute Gasteiger partial charge is 0.271 e. The molecule has 0 saturated heterocycles. The van der Waals surface area contributed by atoms with Gasteiger partial charge in [0.1, 0.15) is 6.33 Å². The summed E-state index contributed by atoms with van der Waals surface area (Å²) in [6, 6.07) is 6.61. The molecule has 0 saturated carbocycles. The summed E-state index contributed by atoms with van der Waals surface area (Å²) in [7, 11) is 0. The summed E-state index contributed by atoms with van der Waals surface area (Å²) >= 11 is 5.95. The van der Waals surface area contributed by atoms with Crippen LogP contribution in [0.1, 0.15) is 33.7 Å². The lowest BCUT2D eigenvalue weighted by Gasteiger charge is -2.11. The van der Waals surface area contributed by atoms with Crippen LogP contribution >= 0.6 is 11.6 Å². The van der Waals surface area contributed by atoms with E-state index in [-0.39, 0.29) is 12.3 Å². The third kappa shape index (κ3) is 3.65. The molecule has 2 amide bonds. The van der Waals surface area contributed by atoms with E-state index < -0.39 is 5.91 Å². The quantitative estimate of drug-likeness (QED) is 0.680. The predicted octanol–water partition coefficient (Wildman–Crippen LogP) is 1.79. The van der Waals surface area contributed by atoms with Gasteiger partial charge in [0.05, 0.1) is 10.6 Å². The highest BCUT2D eigenvalue weighted by Gasteiger charge is 2.14. The number of hydrogen-bond acceptors (Lipinski definition) is 5. The summed E-state index contributed by atoms with van der Waals surface area (Å²) in [5.74, 6) is -0.259. The molecule has 0 bridgehead atoms. The molecule has 8 nitrogen and oxygen atoms in total. The van der Waals surface area contributed by atoms with Crippen molar-refractivity contribution in [1.29, 1.82) is 0 Å². The summed E-state index contributed by atoms with van der Waals surface area (Å²) in [6.45, 7) is 3.77. The number of carbonyl (C=O) groups excluding carboxylic acids is 2. The average molecular weight is 373 g/mol. The Hall–Kier alpha value is -3.00. The summed E-state index contributed by atoms with van der Waals surface area (Å²) in [6.07, 6.45) is 2.09. The molecule has 26 heavy (non-hydrogen) atoms. The van der Waals surface area contributed by atoms with Gasteiger partial charge in [0, 0.05) is 17.8 Å². The van der Waals surface area contributed by atoms with Gasteiger partial charge in [-0.25, -0.2) is 9.50 Å². The molecule has 9 heteroatoms. The molecule has 0 aliphatic rings. The van der Waals surface area contributed by atoms with Gasteiger partial charge in [0.15, 0.2) is 0 Å². The number of nitrogens with one attached hydrogen (secondary N) is 2. The topological polar surface area (TPSA) is 101 Å². The van der Waals surface area contributed by atoms with Crippen LogP contribution in [0.2, 0.25) is 5.02 Å². The fourth-order valence-electron chi connectivity index (χ4n) is 2.66. The Balaban J connectivity index is 1.59. The van der Waals surface area contributed by atoms with Gasteiger partial charge in [0.2, 0.25) is 5.91 Å². The second-order valence-electron chi connectivity index (χ2n) is 5.72. The minimum atomic E-state index is -0.470. The molecule has 0 unspecified atom stereocenters. The van der Waals surface area contributed by atoms with Crippen molar-refractivity contribution >= 4 is 29.2 Å². The molecule has 3 aromatic rings. The molecule has 0 atom stereocenters. The number of rotatable bonds is 4. The third-order valence-electron chi connectivity index (χ3n) is 4.02. The predicted molar refractivity (Wildman–Crippen MR) is 95.6 cm³/mol. The van der Waals surface area contributed by atoms with Crippen LogP contribution < -0.4 is 10.9 Å². The molecule has 0 fully saturated rings. The maximum atomic E-state index is 12.1. The fourth-order valence-corrected chi connectivity index (χ4v) is 2.88. The van der Waals surface area contributed by atoms with Crippen molar-refractivity contribution in [3.05, 3.63) is 58.1 Å². The Bertz CT molecular complexity index is 985. The lowest BCUT2D eigenvalue weighted by atomic mass is 10.1. The van der Waals surface area contributed by atoms with E-state index in [9.17, 15) is 9.59 Å². The van der Waals surface area contributed by atoms with E-state index in [1.165, 1.54) is 6.33 Å². The van der Waals surface area contributed by atoms with Gasteiger partial charge in [-0.3, -0.25) is 20.4 Å². The van der Waals surface area contributed by atoms with Crippen molar-refractivity contribution in [2.24, 2.45) is 0 Å². The first-order valence-corrected chi connectivity index (χ1v) is 8.34. The highest BCUT2D eigenvalue weighted by Crippen LogP contribution is 2.15. The number of halogens is 1. The first kappa shape index (κ1) is 17.8. The third-order valence-corrected chi connectivity index (χ3v) is 4.35. The Morgan fingerprint density at radius 1 is 1.19 bits per heavy atom. The van der Waals surface area contributed by atoms with E-state index in [1.807, 2.05) is 13.8 Å². The molecule has 2 heterocycles. The number of fused-ring (bicyclic) bond motifs is 1. The summed E-state index contributed by atoms with van der Waals surface area (Å²) in [4.78, 5) is 32.5. The van der Waals surface area contributed by atoms with Gasteiger partial charge in [-0.15, -0.1) is 0 Å². The van der Waals surface area contributed by atoms with E-state index >= 15 is 0 Å². The van der Waals surface area contributed by atoms with Crippen LogP contribution in [0, 0.1) is 13.8 Å². The first-order chi connectivity index (χ1) is 12.5. The Kier molecular flexibility index (Phi) is 5.13. The Labute approximate surface area is 154 Å². The zero-order valence-electron chi connectivity index (χ0n) is 14.3. The van der Waals surface area contributed by atoms with Crippen molar-refractivity contribution in [1.82, 2.24) is 30.4 Å². The molecule has 0 radical (unpaired) electrons. The van der Waals surface area contributed by atoms with Crippen LogP contribution in [0.4, 0.5) is 0 Å². The van der Waals surface area contributed by atoms with Gasteiger partial charge >= 0.3 is 0 Å². The van der Waals surface area contributed by atoms with E-state index in [1.54, 1.807) is 28.8 Å². The van der Waals surface area contributed by atoms with E-state index in [0.29, 0.717) is 22.8 Å². The first-order valence-electron chi connectivity index (χ1n) is 7.97. The molecule has 2 N–H and O–H groups in total. The van der Waals surface area contributed by atoms with Crippen LogP contribution in [0.15, 0.2) is 30.6 Å². The lowest BCUT2D eigenvalue weighted by molar-refractivity contribution is -0.121. The fraction of sp³-hybridized carbons (Fsp3) is 0.235.